The fourth-order valence-electron chi connectivity index (χ4n) is 1.55. The first-order valence-electron chi connectivity index (χ1n) is 5.31. The van der Waals surface area contributed by atoms with Crippen LogP contribution in [-0.2, 0) is 0 Å². The van der Waals surface area contributed by atoms with Crippen molar-refractivity contribution in [2.45, 2.75) is 13.0 Å². The maximum absolute atomic E-state index is 11.8. The smallest absolute Gasteiger partial charge is 0.268 e. The number of nitrogens with one attached hydrogen (secondary N) is 2. The van der Waals surface area contributed by atoms with Gasteiger partial charge in [-0.05, 0) is 30.7 Å². The summed E-state index contributed by atoms with van der Waals surface area (Å²) in [5, 5.41) is 2.87. The van der Waals surface area contributed by atoms with Gasteiger partial charge in [-0.25, -0.2) is 0 Å². The minimum Gasteiger partial charge on any atom is -0.397 e. The molecule has 0 fully saturated rings. The molecule has 2 rings (SSSR count). The highest BCUT2D eigenvalue weighted by molar-refractivity contribution is 5.93. The predicted molar refractivity (Wildman–Crippen MR) is 65.3 cm³/mol. The number of carbonyl (C=O) groups is 1. The van der Waals surface area contributed by atoms with Gasteiger partial charge in [0.1, 0.15) is 5.69 Å². The third kappa shape index (κ3) is 2.63. The van der Waals surface area contributed by atoms with Crippen LogP contribution in [0, 0.1) is 0 Å². The number of hydrogen-bond acceptors (Lipinski definition) is 3. The van der Waals surface area contributed by atoms with Crippen molar-refractivity contribution in [3.63, 3.8) is 0 Å². The number of anilines is 1. The molecular weight excluding hydrogens is 216 g/mol. The van der Waals surface area contributed by atoms with Gasteiger partial charge in [0.25, 0.3) is 5.91 Å². The average molecular weight is 230 g/mol. The van der Waals surface area contributed by atoms with Crippen molar-refractivity contribution in [2.24, 2.45) is 0 Å². The maximum atomic E-state index is 11.8. The van der Waals surface area contributed by atoms with Crippen LogP contribution in [-0.4, -0.2) is 15.9 Å². The SMILES string of the molecule is CC(NC(=O)c1cc(N)c[nH]1)c1ccncc1. The second kappa shape index (κ2) is 4.69. The molecule has 0 saturated heterocycles. The quantitative estimate of drug-likeness (QED) is 0.746. The molecule has 0 saturated carbocycles. The van der Waals surface area contributed by atoms with Crippen LogP contribution in [0.5, 0.6) is 0 Å². The van der Waals surface area contributed by atoms with E-state index in [2.05, 4.69) is 15.3 Å². The topological polar surface area (TPSA) is 83.8 Å². The molecule has 2 heterocycles. The molecule has 0 aliphatic rings. The average Bonchev–Trinajstić information content (AvgIpc) is 2.77. The molecule has 5 nitrogen and oxygen atoms in total. The number of hydrogen-bond donors (Lipinski definition) is 3. The molecular formula is C12H14N4O. The molecule has 1 amide bonds. The van der Waals surface area contributed by atoms with Gasteiger partial charge >= 0.3 is 0 Å². The number of nitrogens with zero attached hydrogens (tertiary/aromatic N) is 1. The predicted octanol–water partition coefficient (Wildman–Crippen LogP) is 1.48. The van der Waals surface area contributed by atoms with Crippen LogP contribution in [0.25, 0.3) is 0 Å². The van der Waals surface area contributed by atoms with Gasteiger partial charge in [-0.2, -0.15) is 0 Å². The van der Waals surface area contributed by atoms with Crippen molar-refractivity contribution in [3.8, 4) is 0 Å². The standard InChI is InChI=1S/C12H14N4O/c1-8(9-2-4-14-5-3-9)16-12(17)11-6-10(13)7-15-11/h2-8,15H,13H2,1H3,(H,16,17). The minimum absolute atomic E-state index is 0.0741. The number of aromatic amines is 1. The lowest BCUT2D eigenvalue weighted by molar-refractivity contribution is 0.0935. The highest BCUT2D eigenvalue weighted by atomic mass is 16.1. The summed E-state index contributed by atoms with van der Waals surface area (Å²) >= 11 is 0. The first-order chi connectivity index (χ1) is 8.16. The van der Waals surface area contributed by atoms with Crippen LogP contribution in [0.2, 0.25) is 0 Å². The van der Waals surface area contributed by atoms with Crippen molar-refractivity contribution in [1.29, 1.82) is 0 Å². The minimum atomic E-state index is -0.175. The zero-order valence-corrected chi connectivity index (χ0v) is 9.47. The lowest BCUT2D eigenvalue weighted by Gasteiger charge is -2.13. The first-order valence-corrected chi connectivity index (χ1v) is 5.31. The number of nitrogens with two attached hydrogens (primary N) is 1. The van der Waals surface area contributed by atoms with E-state index in [-0.39, 0.29) is 11.9 Å². The lowest BCUT2D eigenvalue weighted by atomic mass is 10.1. The summed E-state index contributed by atoms with van der Waals surface area (Å²) in [5.74, 6) is -0.175. The summed E-state index contributed by atoms with van der Waals surface area (Å²) in [7, 11) is 0. The Morgan fingerprint density at radius 3 is 2.76 bits per heavy atom. The van der Waals surface area contributed by atoms with E-state index in [0.717, 1.165) is 5.56 Å². The van der Waals surface area contributed by atoms with Crippen molar-refractivity contribution >= 4 is 11.6 Å². The van der Waals surface area contributed by atoms with Crippen molar-refractivity contribution in [3.05, 3.63) is 48.0 Å². The van der Waals surface area contributed by atoms with Gasteiger partial charge in [0.2, 0.25) is 0 Å². The Labute approximate surface area is 99.1 Å². The molecule has 0 radical (unpaired) electrons. The fraction of sp³-hybridized carbons (Fsp3) is 0.167. The molecule has 88 valence electrons. The Bertz CT molecular complexity index is 506. The Morgan fingerprint density at radius 1 is 1.47 bits per heavy atom. The molecule has 2 aromatic rings. The molecule has 0 aliphatic carbocycles. The number of pyridine rings is 1. The van der Waals surface area contributed by atoms with Gasteiger partial charge in [-0.3, -0.25) is 9.78 Å². The summed E-state index contributed by atoms with van der Waals surface area (Å²) in [5.41, 5.74) is 7.56. The Hall–Kier alpha value is -2.30. The molecule has 1 unspecified atom stereocenters. The maximum Gasteiger partial charge on any atom is 0.268 e. The zero-order chi connectivity index (χ0) is 12.3. The molecule has 4 N–H and O–H groups in total. The van der Waals surface area contributed by atoms with E-state index in [1.807, 2.05) is 19.1 Å². The van der Waals surface area contributed by atoms with E-state index in [1.165, 1.54) is 0 Å². The number of rotatable bonds is 3. The van der Waals surface area contributed by atoms with Crippen LogP contribution in [0.3, 0.4) is 0 Å². The molecule has 0 aliphatic heterocycles. The molecule has 0 spiro atoms. The van der Waals surface area contributed by atoms with E-state index in [1.54, 1.807) is 24.7 Å². The second-order valence-electron chi connectivity index (χ2n) is 3.82. The lowest BCUT2D eigenvalue weighted by Crippen LogP contribution is -2.26. The van der Waals surface area contributed by atoms with Gasteiger partial charge in [-0.15, -0.1) is 0 Å². The van der Waals surface area contributed by atoms with E-state index in [0.29, 0.717) is 11.4 Å². The van der Waals surface area contributed by atoms with E-state index >= 15 is 0 Å². The summed E-state index contributed by atoms with van der Waals surface area (Å²) in [6.45, 7) is 1.92. The monoisotopic (exact) mass is 230 g/mol. The van der Waals surface area contributed by atoms with E-state index in [9.17, 15) is 4.79 Å². The summed E-state index contributed by atoms with van der Waals surface area (Å²) in [4.78, 5) is 18.6. The number of aromatic nitrogens is 2. The van der Waals surface area contributed by atoms with Crippen molar-refractivity contribution in [2.75, 3.05) is 5.73 Å². The van der Waals surface area contributed by atoms with Gasteiger partial charge in [0, 0.05) is 24.3 Å². The molecule has 0 aromatic carbocycles. The Morgan fingerprint density at radius 2 is 2.18 bits per heavy atom. The van der Waals surface area contributed by atoms with Crippen LogP contribution in [0.15, 0.2) is 36.8 Å². The largest absolute Gasteiger partial charge is 0.397 e. The van der Waals surface area contributed by atoms with Gasteiger partial charge < -0.3 is 16.0 Å². The first kappa shape index (κ1) is 11.2. The Balaban J connectivity index is 2.04. The highest BCUT2D eigenvalue weighted by Gasteiger charge is 2.12. The van der Waals surface area contributed by atoms with Crippen molar-refractivity contribution < 1.29 is 4.79 Å². The van der Waals surface area contributed by atoms with Crippen LogP contribution in [0.4, 0.5) is 5.69 Å². The summed E-state index contributed by atoms with van der Waals surface area (Å²) in [6.07, 6.45) is 4.99. The number of carbonyl (C=O) groups excluding carboxylic acids is 1. The van der Waals surface area contributed by atoms with Gasteiger partial charge in [-0.1, -0.05) is 0 Å². The zero-order valence-electron chi connectivity index (χ0n) is 9.47. The molecule has 1 atom stereocenters. The molecule has 0 bridgehead atoms. The summed E-state index contributed by atoms with van der Waals surface area (Å²) < 4.78 is 0. The number of amides is 1. The van der Waals surface area contributed by atoms with Gasteiger partial charge in [0.15, 0.2) is 0 Å². The fourth-order valence-corrected chi connectivity index (χ4v) is 1.55. The molecule has 5 heteroatoms. The molecule has 2 aromatic heterocycles. The van der Waals surface area contributed by atoms with E-state index < -0.39 is 0 Å². The van der Waals surface area contributed by atoms with Crippen LogP contribution >= 0.6 is 0 Å². The van der Waals surface area contributed by atoms with Gasteiger partial charge in [0.05, 0.1) is 6.04 Å². The highest BCUT2D eigenvalue weighted by Crippen LogP contribution is 2.12. The number of H-pyrrole nitrogens is 1. The molecule has 17 heavy (non-hydrogen) atoms. The number of nitrogen functional groups attached to an aromatic ring is 1. The normalized spacial score (nSPS) is 12.1. The van der Waals surface area contributed by atoms with E-state index in [4.69, 9.17) is 5.73 Å². The van der Waals surface area contributed by atoms with Crippen LogP contribution in [0.1, 0.15) is 29.0 Å². The third-order valence-corrected chi connectivity index (χ3v) is 2.50. The Kier molecular flexibility index (Phi) is 3.09. The second-order valence-corrected chi connectivity index (χ2v) is 3.82. The third-order valence-electron chi connectivity index (χ3n) is 2.50. The van der Waals surface area contributed by atoms with Crippen LogP contribution < -0.4 is 11.1 Å². The van der Waals surface area contributed by atoms with Crippen molar-refractivity contribution in [1.82, 2.24) is 15.3 Å². The summed E-state index contributed by atoms with van der Waals surface area (Å²) in [6, 6.07) is 5.27.